The fourth-order valence-electron chi connectivity index (χ4n) is 3.06. The van der Waals surface area contributed by atoms with Gasteiger partial charge in [0, 0.05) is 13.6 Å². The van der Waals surface area contributed by atoms with Crippen molar-refractivity contribution in [3.8, 4) is 0 Å². The number of hydrogen-bond acceptors (Lipinski definition) is 5. The molecule has 0 aromatic heterocycles. The summed E-state index contributed by atoms with van der Waals surface area (Å²) in [7, 11) is 1.62. The molecule has 7 heteroatoms. The van der Waals surface area contributed by atoms with E-state index in [1.54, 1.807) is 25.2 Å². The second-order valence-electron chi connectivity index (χ2n) is 6.55. The first kappa shape index (κ1) is 19.3. The number of esters is 1. The molecule has 1 aliphatic heterocycles. The molecule has 0 saturated carbocycles. The molecule has 3 rings (SSSR count). The van der Waals surface area contributed by atoms with E-state index >= 15 is 0 Å². The number of nitrogens with zero attached hydrogens (tertiary/aromatic N) is 2. The number of anilines is 1. The molecule has 1 heterocycles. The molecule has 2 amide bonds. The Hall–Kier alpha value is -3.48. The first-order valence-electron chi connectivity index (χ1n) is 8.82. The third kappa shape index (κ3) is 3.93. The summed E-state index contributed by atoms with van der Waals surface area (Å²) < 4.78 is 5.20. The highest BCUT2D eigenvalue weighted by atomic mass is 16.5. The van der Waals surface area contributed by atoms with E-state index in [1.807, 2.05) is 30.3 Å². The normalized spacial score (nSPS) is 13.9. The highest BCUT2D eigenvalue weighted by molar-refractivity contribution is 6.52. The SMILES string of the molecule is C[C@H](OC(=O)CN1C(=O)C(=O)c2ccccc21)C(=O)N(C)Cc1ccccc1. The van der Waals surface area contributed by atoms with Crippen molar-refractivity contribution in [1.82, 2.24) is 4.90 Å². The van der Waals surface area contributed by atoms with Crippen molar-refractivity contribution in [1.29, 1.82) is 0 Å². The van der Waals surface area contributed by atoms with Crippen LogP contribution in [0.3, 0.4) is 0 Å². The molecule has 0 N–H and O–H groups in total. The molecule has 144 valence electrons. The number of amides is 2. The molecule has 0 spiro atoms. The third-order valence-electron chi connectivity index (χ3n) is 4.46. The van der Waals surface area contributed by atoms with Gasteiger partial charge in [-0.1, -0.05) is 42.5 Å². The molecule has 0 unspecified atom stereocenters. The summed E-state index contributed by atoms with van der Waals surface area (Å²) in [4.78, 5) is 51.3. The number of carbonyl (C=O) groups excluding carboxylic acids is 4. The number of benzene rings is 2. The lowest BCUT2D eigenvalue weighted by Gasteiger charge is -2.22. The van der Waals surface area contributed by atoms with Crippen LogP contribution >= 0.6 is 0 Å². The van der Waals surface area contributed by atoms with Crippen LogP contribution in [0, 0.1) is 0 Å². The van der Waals surface area contributed by atoms with E-state index in [2.05, 4.69) is 0 Å². The van der Waals surface area contributed by atoms with E-state index < -0.39 is 30.3 Å². The Morgan fingerprint density at radius 3 is 2.39 bits per heavy atom. The van der Waals surface area contributed by atoms with Gasteiger partial charge >= 0.3 is 5.97 Å². The van der Waals surface area contributed by atoms with Gasteiger partial charge in [0.05, 0.1) is 11.3 Å². The number of ketones is 1. The Bertz CT molecular complexity index is 925. The number of Topliss-reactive ketones (excluding diaryl/α,β-unsaturated/α-hetero) is 1. The fraction of sp³-hybridized carbons (Fsp3) is 0.238. The lowest BCUT2D eigenvalue weighted by molar-refractivity contribution is -0.157. The number of ether oxygens (including phenoxy) is 1. The average molecular weight is 380 g/mol. The molecule has 7 nitrogen and oxygen atoms in total. The first-order chi connectivity index (χ1) is 13.4. The maximum Gasteiger partial charge on any atom is 0.326 e. The maximum atomic E-state index is 12.4. The molecular formula is C21H20N2O5. The van der Waals surface area contributed by atoms with E-state index in [-0.39, 0.29) is 11.5 Å². The molecule has 0 saturated heterocycles. The highest BCUT2D eigenvalue weighted by Crippen LogP contribution is 2.28. The molecule has 2 aromatic carbocycles. The van der Waals surface area contributed by atoms with Crippen LogP contribution in [0.25, 0.3) is 0 Å². The van der Waals surface area contributed by atoms with Crippen LogP contribution in [0.1, 0.15) is 22.8 Å². The smallest absolute Gasteiger partial charge is 0.326 e. The van der Waals surface area contributed by atoms with Gasteiger partial charge in [0.25, 0.3) is 17.6 Å². The number of fused-ring (bicyclic) bond motifs is 1. The first-order valence-corrected chi connectivity index (χ1v) is 8.82. The summed E-state index contributed by atoms with van der Waals surface area (Å²) in [5.41, 5.74) is 1.58. The zero-order chi connectivity index (χ0) is 20.3. The van der Waals surface area contributed by atoms with Crippen molar-refractivity contribution in [2.45, 2.75) is 19.6 Å². The lowest BCUT2D eigenvalue weighted by atomic mass is 10.1. The van der Waals surface area contributed by atoms with Crippen LogP contribution in [0.5, 0.6) is 0 Å². The zero-order valence-electron chi connectivity index (χ0n) is 15.6. The van der Waals surface area contributed by atoms with Gasteiger partial charge in [-0.15, -0.1) is 0 Å². The minimum Gasteiger partial charge on any atom is -0.451 e. The molecule has 0 aliphatic carbocycles. The standard InChI is InChI=1S/C21H20N2O5/c1-14(20(26)22(2)12-15-8-4-3-5-9-15)28-18(24)13-23-17-11-7-6-10-16(17)19(25)21(23)27/h3-11,14H,12-13H2,1-2H3/t14-/m0/s1. The minimum absolute atomic E-state index is 0.256. The summed E-state index contributed by atoms with van der Waals surface area (Å²) in [6.45, 7) is 1.43. The van der Waals surface area contributed by atoms with Crippen molar-refractivity contribution in [2.24, 2.45) is 0 Å². The number of likely N-dealkylation sites (N-methyl/N-ethyl adjacent to an activating group) is 1. The van der Waals surface area contributed by atoms with Gasteiger partial charge in [-0.2, -0.15) is 0 Å². The fourth-order valence-corrected chi connectivity index (χ4v) is 3.06. The van der Waals surface area contributed by atoms with E-state index in [0.717, 1.165) is 10.5 Å². The van der Waals surface area contributed by atoms with Crippen LogP contribution in [0.2, 0.25) is 0 Å². The Kier molecular flexibility index (Phi) is 5.54. The quantitative estimate of drug-likeness (QED) is 0.564. The van der Waals surface area contributed by atoms with E-state index in [4.69, 9.17) is 4.74 Å². The highest BCUT2D eigenvalue weighted by Gasteiger charge is 2.37. The monoisotopic (exact) mass is 380 g/mol. The largest absolute Gasteiger partial charge is 0.451 e. The number of carbonyl (C=O) groups is 4. The van der Waals surface area contributed by atoms with E-state index in [9.17, 15) is 19.2 Å². The molecule has 1 aliphatic rings. The third-order valence-corrected chi connectivity index (χ3v) is 4.46. The molecule has 1 atom stereocenters. The van der Waals surface area contributed by atoms with Gasteiger partial charge in [0.2, 0.25) is 0 Å². The predicted molar refractivity (Wildman–Crippen MR) is 102 cm³/mol. The van der Waals surface area contributed by atoms with Crippen molar-refractivity contribution < 1.29 is 23.9 Å². The topological polar surface area (TPSA) is 84.0 Å². The zero-order valence-corrected chi connectivity index (χ0v) is 15.6. The van der Waals surface area contributed by atoms with E-state index in [1.165, 1.54) is 17.9 Å². The van der Waals surface area contributed by atoms with Crippen molar-refractivity contribution in [3.05, 3.63) is 65.7 Å². The molecule has 0 radical (unpaired) electrons. The Balaban J connectivity index is 1.59. The van der Waals surface area contributed by atoms with Crippen molar-refractivity contribution >= 4 is 29.3 Å². The van der Waals surface area contributed by atoms with Crippen LogP contribution in [-0.2, 0) is 25.7 Å². The summed E-state index contributed by atoms with van der Waals surface area (Å²) in [5.74, 6) is -2.55. The molecule has 0 fully saturated rings. The second-order valence-corrected chi connectivity index (χ2v) is 6.55. The lowest BCUT2D eigenvalue weighted by Crippen LogP contribution is -2.40. The van der Waals surface area contributed by atoms with Gasteiger partial charge in [-0.25, -0.2) is 0 Å². The van der Waals surface area contributed by atoms with Gasteiger partial charge in [0.15, 0.2) is 6.10 Å². The maximum absolute atomic E-state index is 12.4. The summed E-state index contributed by atoms with van der Waals surface area (Å²) in [5, 5.41) is 0. The molecular weight excluding hydrogens is 360 g/mol. The van der Waals surface area contributed by atoms with Gasteiger partial charge in [-0.3, -0.25) is 24.1 Å². The van der Waals surface area contributed by atoms with Crippen molar-refractivity contribution in [2.75, 3.05) is 18.5 Å². The predicted octanol–water partition coefficient (Wildman–Crippen LogP) is 1.81. The van der Waals surface area contributed by atoms with Gasteiger partial charge < -0.3 is 9.64 Å². The van der Waals surface area contributed by atoms with Crippen LogP contribution in [0.15, 0.2) is 54.6 Å². The number of para-hydroxylation sites is 1. The van der Waals surface area contributed by atoms with Crippen LogP contribution in [0.4, 0.5) is 5.69 Å². The Morgan fingerprint density at radius 2 is 1.68 bits per heavy atom. The Morgan fingerprint density at radius 1 is 1.04 bits per heavy atom. The summed E-state index contributed by atoms with van der Waals surface area (Å²) in [6.07, 6.45) is -1.01. The molecule has 28 heavy (non-hydrogen) atoms. The van der Waals surface area contributed by atoms with E-state index in [0.29, 0.717) is 12.2 Å². The van der Waals surface area contributed by atoms with Gasteiger partial charge in [0.1, 0.15) is 6.54 Å². The average Bonchev–Trinajstić information content (AvgIpc) is 2.93. The summed E-state index contributed by atoms with van der Waals surface area (Å²) in [6, 6.07) is 15.9. The molecule has 0 bridgehead atoms. The van der Waals surface area contributed by atoms with Crippen molar-refractivity contribution in [3.63, 3.8) is 0 Å². The van der Waals surface area contributed by atoms with Crippen LogP contribution in [-0.4, -0.2) is 48.2 Å². The van der Waals surface area contributed by atoms with Gasteiger partial charge in [-0.05, 0) is 24.6 Å². The molecule has 2 aromatic rings. The summed E-state index contributed by atoms with van der Waals surface area (Å²) >= 11 is 0. The second kappa shape index (κ2) is 8.04. The number of hydrogen-bond donors (Lipinski definition) is 0. The van der Waals surface area contributed by atoms with Crippen LogP contribution < -0.4 is 4.90 Å². The minimum atomic E-state index is -1.01. The Labute approximate surface area is 162 Å². The number of rotatable bonds is 6.